The molecule has 0 aliphatic carbocycles. The van der Waals surface area contributed by atoms with E-state index in [1.807, 2.05) is 0 Å². The second kappa shape index (κ2) is 4.09. The molecule has 1 aromatic carbocycles. The molecule has 0 N–H and O–H groups in total. The number of nitrogens with zero attached hydrogens (tertiary/aromatic N) is 2. The number of nitro groups is 1. The van der Waals surface area contributed by atoms with Gasteiger partial charge in [0.2, 0.25) is 0 Å². The van der Waals surface area contributed by atoms with Crippen molar-refractivity contribution in [1.29, 1.82) is 5.26 Å². The molecule has 16 heavy (non-hydrogen) atoms. The van der Waals surface area contributed by atoms with Crippen LogP contribution in [0.3, 0.4) is 0 Å². The minimum absolute atomic E-state index is 0.559. The van der Waals surface area contributed by atoms with Gasteiger partial charge < -0.3 is 0 Å². The molecule has 84 valence electrons. The van der Waals surface area contributed by atoms with Crippen LogP contribution in [0.4, 0.5) is 18.9 Å². The van der Waals surface area contributed by atoms with Crippen molar-refractivity contribution >= 4 is 21.6 Å². The van der Waals surface area contributed by atoms with Crippen LogP contribution in [0.2, 0.25) is 0 Å². The van der Waals surface area contributed by atoms with Gasteiger partial charge in [-0.15, -0.1) is 0 Å². The SMILES string of the molecule is N#Cc1c([N+](=O)[O-])ccc(C(F)(F)F)c1Br. The highest BCUT2D eigenvalue weighted by Crippen LogP contribution is 2.39. The first-order valence-corrected chi connectivity index (χ1v) is 4.52. The van der Waals surface area contributed by atoms with Gasteiger partial charge in [0.15, 0.2) is 0 Å². The predicted molar refractivity (Wildman–Crippen MR) is 50.5 cm³/mol. The van der Waals surface area contributed by atoms with E-state index in [4.69, 9.17) is 5.26 Å². The molecule has 0 aromatic heterocycles. The van der Waals surface area contributed by atoms with E-state index in [2.05, 4.69) is 15.9 Å². The summed E-state index contributed by atoms with van der Waals surface area (Å²) in [6.45, 7) is 0. The van der Waals surface area contributed by atoms with Crippen molar-refractivity contribution < 1.29 is 18.1 Å². The molecule has 0 bridgehead atoms. The zero-order valence-electron chi connectivity index (χ0n) is 7.38. The van der Waals surface area contributed by atoms with Crippen LogP contribution >= 0.6 is 15.9 Å². The maximum atomic E-state index is 12.4. The van der Waals surface area contributed by atoms with Crippen LogP contribution < -0.4 is 0 Å². The van der Waals surface area contributed by atoms with Crippen molar-refractivity contribution in [2.45, 2.75) is 6.18 Å². The summed E-state index contributed by atoms with van der Waals surface area (Å²) in [6, 6.07) is 2.59. The number of nitriles is 1. The van der Waals surface area contributed by atoms with Crippen molar-refractivity contribution in [3.8, 4) is 6.07 Å². The Morgan fingerprint density at radius 2 is 2.00 bits per heavy atom. The van der Waals surface area contributed by atoms with Crippen molar-refractivity contribution in [2.75, 3.05) is 0 Å². The Balaban J connectivity index is 3.55. The molecule has 0 saturated heterocycles. The summed E-state index contributed by atoms with van der Waals surface area (Å²) < 4.78 is 36.6. The lowest BCUT2D eigenvalue weighted by molar-refractivity contribution is -0.385. The van der Waals surface area contributed by atoms with Gasteiger partial charge in [0, 0.05) is 6.07 Å². The number of benzene rings is 1. The third kappa shape index (κ3) is 2.14. The summed E-state index contributed by atoms with van der Waals surface area (Å²) in [5.74, 6) is 0. The largest absolute Gasteiger partial charge is 0.417 e. The Kier molecular flexibility index (Phi) is 3.19. The highest BCUT2D eigenvalue weighted by molar-refractivity contribution is 9.10. The van der Waals surface area contributed by atoms with Gasteiger partial charge in [-0.1, -0.05) is 0 Å². The Morgan fingerprint density at radius 1 is 1.44 bits per heavy atom. The minimum Gasteiger partial charge on any atom is -0.258 e. The third-order valence-corrected chi connectivity index (χ3v) is 2.56. The fourth-order valence-corrected chi connectivity index (χ4v) is 1.69. The number of hydrogen-bond donors (Lipinski definition) is 0. The van der Waals surface area contributed by atoms with E-state index in [1.54, 1.807) is 0 Å². The summed E-state index contributed by atoms with van der Waals surface area (Å²) in [7, 11) is 0. The van der Waals surface area contributed by atoms with E-state index in [1.165, 1.54) is 6.07 Å². The van der Waals surface area contributed by atoms with E-state index in [-0.39, 0.29) is 0 Å². The van der Waals surface area contributed by atoms with Gasteiger partial charge in [-0.2, -0.15) is 18.4 Å². The summed E-state index contributed by atoms with van der Waals surface area (Å²) >= 11 is 2.55. The van der Waals surface area contributed by atoms with Crippen LogP contribution in [0.25, 0.3) is 0 Å². The summed E-state index contributed by atoms with van der Waals surface area (Å²) in [5.41, 5.74) is -2.42. The van der Waals surface area contributed by atoms with Crippen molar-refractivity contribution in [1.82, 2.24) is 0 Å². The molecule has 8 heteroatoms. The van der Waals surface area contributed by atoms with Crippen LogP contribution in [-0.2, 0) is 6.18 Å². The topological polar surface area (TPSA) is 66.9 Å². The normalized spacial score (nSPS) is 10.9. The van der Waals surface area contributed by atoms with E-state index in [0.29, 0.717) is 12.1 Å². The highest BCUT2D eigenvalue weighted by Gasteiger charge is 2.36. The fraction of sp³-hybridized carbons (Fsp3) is 0.125. The highest BCUT2D eigenvalue weighted by atomic mass is 79.9. The number of rotatable bonds is 1. The molecule has 0 unspecified atom stereocenters. The van der Waals surface area contributed by atoms with Crippen molar-refractivity contribution in [2.24, 2.45) is 0 Å². The molecule has 0 fully saturated rings. The second-order valence-electron chi connectivity index (χ2n) is 2.69. The predicted octanol–water partition coefficient (Wildman–Crippen LogP) is 3.25. The molecular weight excluding hydrogens is 293 g/mol. The van der Waals surface area contributed by atoms with Gasteiger partial charge in [0.1, 0.15) is 11.6 Å². The molecule has 0 spiro atoms. The quantitative estimate of drug-likeness (QED) is 0.590. The lowest BCUT2D eigenvalue weighted by atomic mass is 10.1. The molecule has 0 atom stereocenters. The van der Waals surface area contributed by atoms with Gasteiger partial charge in [0.25, 0.3) is 5.69 Å². The van der Waals surface area contributed by atoms with E-state index in [0.717, 1.165) is 0 Å². The number of hydrogen-bond acceptors (Lipinski definition) is 3. The Labute approximate surface area is 95.6 Å². The standard InChI is InChI=1S/C8H2BrF3N2O2/c9-7-4(3-13)6(14(15)16)2-1-5(7)8(10,11)12/h1-2H. The van der Waals surface area contributed by atoms with Crippen LogP contribution in [0, 0.1) is 21.4 Å². The number of alkyl halides is 3. The van der Waals surface area contributed by atoms with E-state index >= 15 is 0 Å². The first-order chi connectivity index (χ1) is 7.29. The molecule has 0 radical (unpaired) electrons. The number of nitro benzene ring substituents is 1. The van der Waals surface area contributed by atoms with Crippen LogP contribution in [0.5, 0.6) is 0 Å². The van der Waals surface area contributed by atoms with E-state index < -0.39 is 32.4 Å². The third-order valence-electron chi connectivity index (χ3n) is 1.73. The molecule has 1 rings (SSSR count). The molecule has 4 nitrogen and oxygen atoms in total. The second-order valence-corrected chi connectivity index (χ2v) is 3.48. The average molecular weight is 295 g/mol. The Bertz CT molecular complexity index is 493. The maximum Gasteiger partial charge on any atom is 0.417 e. The average Bonchev–Trinajstić information content (AvgIpc) is 2.14. The van der Waals surface area contributed by atoms with Crippen LogP contribution in [0.15, 0.2) is 16.6 Å². The molecule has 0 saturated carbocycles. The minimum atomic E-state index is -4.67. The van der Waals surface area contributed by atoms with Crippen LogP contribution in [-0.4, -0.2) is 4.92 Å². The van der Waals surface area contributed by atoms with E-state index in [9.17, 15) is 23.3 Å². The molecule has 1 aromatic rings. The van der Waals surface area contributed by atoms with Gasteiger partial charge in [0.05, 0.1) is 15.0 Å². The van der Waals surface area contributed by atoms with Gasteiger partial charge in [-0.05, 0) is 22.0 Å². The first-order valence-electron chi connectivity index (χ1n) is 3.73. The lowest BCUT2D eigenvalue weighted by Crippen LogP contribution is -2.08. The zero-order valence-corrected chi connectivity index (χ0v) is 8.96. The molecule has 0 amide bonds. The summed E-state index contributed by atoms with van der Waals surface area (Å²) in [6.07, 6.45) is -4.67. The maximum absolute atomic E-state index is 12.4. The number of halogens is 4. The molecule has 0 heterocycles. The Hall–Kier alpha value is -1.62. The molecule has 0 aliphatic heterocycles. The first kappa shape index (κ1) is 12.4. The summed E-state index contributed by atoms with van der Waals surface area (Å²) in [5, 5.41) is 19.0. The van der Waals surface area contributed by atoms with Gasteiger partial charge in [-0.25, -0.2) is 0 Å². The molecular formula is C8H2BrF3N2O2. The van der Waals surface area contributed by atoms with Gasteiger partial charge >= 0.3 is 6.18 Å². The zero-order chi connectivity index (χ0) is 12.5. The van der Waals surface area contributed by atoms with Gasteiger partial charge in [-0.3, -0.25) is 10.1 Å². The fourth-order valence-electron chi connectivity index (χ4n) is 1.04. The van der Waals surface area contributed by atoms with Crippen molar-refractivity contribution in [3.63, 3.8) is 0 Å². The summed E-state index contributed by atoms with van der Waals surface area (Å²) in [4.78, 5) is 9.53. The Morgan fingerprint density at radius 3 is 2.38 bits per heavy atom. The lowest BCUT2D eigenvalue weighted by Gasteiger charge is -2.09. The molecule has 0 aliphatic rings. The monoisotopic (exact) mass is 294 g/mol. The van der Waals surface area contributed by atoms with Crippen LogP contribution in [0.1, 0.15) is 11.1 Å². The smallest absolute Gasteiger partial charge is 0.258 e. The van der Waals surface area contributed by atoms with Crippen molar-refractivity contribution in [3.05, 3.63) is 37.8 Å².